The summed E-state index contributed by atoms with van der Waals surface area (Å²) in [6.45, 7) is 1.14. The van der Waals surface area contributed by atoms with Gasteiger partial charge < -0.3 is 4.74 Å². The van der Waals surface area contributed by atoms with E-state index in [-0.39, 0.29) is 11.0 Å². The van der Waals surface area contributed by atoms with E-state index in [0.29, 0.717) is 26.1 Å². The van der Waals surface area contributed by atoms with Gasteiger partial charge >= 0.3 is 0 Å². The summed E-state index contributed by atoms with van der Waals surface area (Å²) in [5.41, 5.74) is 0.869. The van der Waals surface area contributed by atoms with Gasteiger partial charge in [0.05, 0.1) is 11.0 Å². The van der Waals surface area contributed by atoms with Gasteiger partial charge in [-0.05, 0) is 18.4 Å². The number of sulfone groups is 1. The van der Waals surface area contributed by atoms with E-state index in [1.165, 1.54) is 0 Å². The average Bonchev–Trinajstić information content (AvgIpc) is 2.31. The molecule has 0 unspecified atom stereocenters. The maximum atomic E-state index is 12.1. The van der Waals surface area contributed by atoms with Crippen LogP contribution >= 0.6 is 0 Å². The quantitative estimate of drug-likeness (QED) is 0.809. The second-order valence-corrected chi connectivity index (χ2v) is 6.39. The monoisotopic (exact) mass is 240 g/mol. The van der Waals surface area contributed by atoms with Gasteiger partial charge in [-0.1, -0.05) is 30.3 Å². The Morgan fingerprint density at radius 2 is 1.75 bits per heavy atom. The standard InChI is InChI=1S/C12H16O3S/c13-16(14,12-6-8-15-9-7-12)10-11-4-2-1-3-5-11/h1-5,12H,6-10H2. The van der Waals surface area contributed by atoms with Crippen LogP contribution in [0.5, 0.6) is 0 Å². The maximum Gasteiger partial charge on any atom is 0.157 e. The summed E-state index contributed by atoms with van der Waals surface area (Å²) in [7, 11) is -3.02. The van der Waals surface area contributed by atoms with E-state index in [0.717, 1.165) is 5.56 Å². The predicted molar refractivity (Wildman–Crippen MR) is 62.9 cm³/mol. The highest BCUT2D eigenvalue weighted by Gasteiger charge is 2.27. The summed E-state index contributed by atoms with van der Waals surface area (Å²) in [5.74, 6) is 0.151. The van der Waals surface area contributed by atoms with Crippen molar-refractivity contribution in [2.45, 2.75) is 23.8 Å². The Bertz CT molecular complexity index is 419. The molecule has 1 fully saturated rings. The number of benzene rings is 1. The maximum absolute atomic E-state index is 12.1. The van der Waals surface area contributed by atoms with Crippen LogP contribution < -0.4 is 0 Å². The van der Waals surface area contributed by atoms with Crippen molar-refractivity contribution in [3.05, 3.63) is 35.9 Å². The van der Waals surface area contributed by atoms with E-state index in [4.69, 9.17) is 4.74 Å². The van der Waals surface area contributed by atoms with Crippen molar-refractivity contribution in [3.63, 3.8) is 0 Å². The highest BCUT2D eigenvalue weighted by molar-refractivity contribution is 7.91. The van der Waals surface area contributed by atoms with E-state index in [9.17, 15) is 8.42 Å². The average molecular weight is 240 g/mol. The molecule has 0 spiro atoms. The second-order valence-electron chi connectivity index (χ2n) is 4.10. The summed E-state index contributed by atoms with van der Waals surface area (Å²) in [5, 5.41) is -0.221. The first-order valence-electron chi connectivity index (χ1n) is 5.52. The van der Waals surface area contributed by atoms with Crippen molar-refractivity contribution < 1.29 is 13.2 Å². The molecule has 0 radical (unpaired) electrons. The van der Waals surface area contributed by atoms with Crippen LogP contribution in [0, 0.1) is 0 Å². The Hall–Kier alpha value is -0.870. The summed E-state index contributed by atoms with van der Waals surface area (Å²) >= 11 is 0. The lowest BCUT2D eigenvalue weighted by atomic mass is 10.2. The third-order valence-electron chi connectivity index (χ3n) is 2.89. The van der Waals surface area contributed by atoms with Gasteiger partial charge in [0.1, 0.15) is 0 Å². The molecular weight excluding hydrogens is 224 g/mol. The first kappa shape index (κ1) is 11.6. The highest BCUT2D eigenvalue weighted by atomic mass is 32.2. The smallest absolute Gasteiger partial charge is 0.157 e. The Kier molecular flexibility index (Phi) is 3.61. The van der Waals surface area contributed by atoms with Crippen molar-refractivity contribution in [1.29, 1.82) is 0 Å². The topological polar surface area (TPSA) is 43.4 Å². The molecule has 1 heterocycles. The molecule has 0 aromatic heterocycles. The number of rotatable bonds is 3. The normalized spacial score (nSPS) is 18.5. The Balaban J connectivity index is 2.08. The minimum atomic E-state index is -3.02. The fourth-order valence-electron chi connectivity index (χ4n) is 1.96. The predicted octanol–water partition coefficient (Wildman–Crippen LogP) is 1.78. The molecule has 1 saturated heterocycles. The molecule has 2 rings (SSSR count). The van der Waals surface area contributed by atoms with Crippen molar-refractivity contribution in [1.82, 2.24) is 0 Å². The lowest BCUT2D eigenvalue weighted by molar-refractivity contribution is 0.0983. The molecule has 1 aromatic rings. The van der Waals surface area contributed by atoms with E-state index in [1.807, 2.05) is 30.3 Å². The fraction of sp³-hybridized carbons (Fsp3) is 0.500. The van der Waals surface area contributed by atoms with E-state index >= 15 is 0 Å². The third-order valence-corrected chi connectivity index (χ3v) is 5.11. The lowest BCUT2D eigenvalue weighted by Crippen LogP contribution is -2.29. The van der Waals surface area contributed by atoms with Crippen LogP contribution in [0.15, 0.2) is 30.3 Å². The van der Waals surface area contributed by atoms with Crippen molar-refractivity contribution >= 4 is 9.84 Å². The van der Waals surface area contributed by atoms with Gasteiger partial charge in [-0.3, -0.25) is 0 Å². The molecule has 88 valence electrons. The van der Waals surface area contributed by atoms with Crippen LogP contribution in [0.25, 0.3) is 0 Å². The molecule has 0 saturated carbocycles. The van der Waals surface area contributed by atoms with Gasteiger partial charge in [-0.2, -0.15) is 0 Å². The zero-order valence-corrected chi connectivity index (χ0v) is 9.95. The zero-order chi connectivity index (χ0) is 11.4. The van der Waals surface area contributed by atoms with Gasteiger partial charge in [0.2, 0.25) is 0 Å². The molecule has 0 N–H and O–H groups in total. The Morgan fingerprint density at radius 1 is 1.12 bits per heavy atom. The summed E-state index contributed by atoms with van der Waals surface area (Å²) in [4.78, 5) is 0. The Morgan fingerprint density at radius 3 is 2.38 bits per heavy atom. The summed E-state index contributed by atoms with van der Waals surface area (Å²) in [6.07, 6.45) is 1.27. The molecule has 0 bridgehead atoms. The molecular formula is C12H16O3S. The summed E-state index contributed by atoms with van der Waals surface area (Å²) < 4.78 is 29.4. The van der Waals surface area contributed by atoms with Gasteiger partial charge in [-0.25, -0.2) is 8.42 Å². The van der Waals surface area contributed by atoms with Gasteiger partial charge in [0.25, 0.3) is 0 Å². The van der Waals surface area contributed by atoms with E-state index < -0.39 is 9.84 Å². The zero-order valence-electron chi connectivity index (χ0n) is 9.13. The van der Waals surface area contributed by atoms with Gasteiger partial charge in [-0.15, -0.1) is 0 Å². The number of ether oxygens (including phenoxy) is 1. The lowest BCUT2D eigenvalue weighted by Gasteiger charge is -2.22. The van der Waals surface area contributed by atoms with Crippen LogP contribution in [0.1, 0.15) is 18.4 Å². The first-order valence-corrected chi connectivity index (χ1v) is 7.23. The van der Waals surface area contributed by atoms with Crippen molar-refractivity contribution in [2.24, 2.45) is 0 Å². The van der Waals surface area contributed by atoms with Gasteiger partial charge in [0, 0.05) is 13.2 Å². The van der Waals surface area contributed by atoms with Crippen LogP contribution in [0.3, 0.4) is 0 Å². The van der Waals surface area contributed by atoms with Crippen molar-refractivity contribution in [2.75, 3.05) is 13.2 Å². The van der Waals surface area contributed by atoms with E-state index in [2.05, 4.69) is 0 Å². The highest BCUT2D eigenvalue weighted by Crippen LogP contribution is 2.19. The van der Waals surface area contributed by atoms with Crippen LogP contribution in [-0.2, 0) is 20.3 Å². The third kappa shape index (κ3) is 2.83. The molecule has 0 amide bonds. The molecule has 1 aromatic carbocycles. The minimum absolute atomic E-state index is 0.151. The molecule has 4 heteroatoms. The molecule has 1 aliphatic heterocycles. The molecule has 0 aliphatic carbocycles. The van der Waals surface area contributed by atoms with Crippen LogP contribution in [0.2, 0.25) is 0 Å². The van der Waals surface area contributed by atoms with Crippen LogP contribution in [-0.4, -0.2) is 26.9 Å². The number of hydrogen-bond donors (Lipinski definition) is 0. The van der Waals surface area contributed by atoms with Gasteiger partial charge in [0.15, 0.2) is 9.84 Å². The largest absolute Gasteiger partial charge is 0.381 e. The first-order chi connectivity index (χ1) is 7.68. The summed E-state index contributed by atoms with van der Waals surface area (Å²) in [6, 6.07) is 9.35. The van der Waals surface area contributed by atoms with Crippen LogP contribution in [0.4, 0.5) is 0 Å². The SMILES string of the molecule is O=S(=O)(Cc1ccccc1)C1CCOCC1. The Labute approximate surface area is 96.4 Å². The molecule has 1 aliphatic rings. The second kappa shape index (κ2) is 4.97. The van der Waals surface area contributed by atoms with Crippen molar-refractivity contribution in [3.8, 4) is 0 Å². The molecule has 3 nitrogen and oxygen atoms in total. The molecule has 0 atom stereocenters. The fourth-order valence-corrected chi connectivity index (χ4v) is 3.76. The minimum Gasteiger partial charge on any atom is -0.381 e. The molecule has 16 heavy (non-hydrogen) atoms. The van der Waals surface area contributed by atoms with E-state index in [1.54, 1.807) is 0 Å². The number of hydrogen-bond acceptors (Lipinski definition) is 3.